The molecule has 2 aliphatic rings. The number of amides is 1. The molecule has 2 saturated heterocycles. The van der Waals surface area contributed by atoms with Crippen LogP contribution in [0.5, 0.6) is 0 Å². The molecule has 130 valence electrons. The Hall–Kier alpha value is -2.13. The normalized spacial score (nSPS) is 20.7. The molecule has 1 amide bonds. The lowest BCUT2D eigenvalue weighted by molar-refractivity contribution is 0.143. The molecular weight excluding hydrogens is 328 g/mol. The number of carbonyl (C=O) groups is 1. The maximum absolute atomic E-state index is 12.1. The molecule has 0 spiro atoms. The second kappa shape index (κ2) is 7.63. The van der Waals surface area contributed by atoms with E-state index >= 15 is 0 Å². The summed E-state index contributed by atoms with van der Waals surface area (Å²) in [6.07, 6.45) is 1.14. The molecule has 24 heavy (non-hydrogen) atoms. The zero-order chi connectivity index (χ0) is 16.9. The van der Waals surface area contributed by atoms with Crippen LogP contribution in [-0.2, 0) is 4.74 Å². The van der Waals surface area contributed by atoms with E-state index in [1.54, 1.807) is 18.1 Å². The molecule has 1 atom stereocenters. The molecule has 0 bridgehead atoms. The van der Waals surface area contributed by atoms with Crippen molar-refractivity contribution in [3.05, 3.63) is 18.3 Å². The standard InChI is InChI=1S/C15H22N6O2S/c1-16-14(24)19-9-12-10-21(15(22)23-12)11-2-3-13(18-8-11)20-6-4-17-5-7-20/h2-3,8,12,17H,4-7,9-10H2,1H3,(H2,16,19,24). The number of cyclic esters (lactones) is 1. The van der Waals surface area contributed by atoms with Crippen LogP contribution >= 0.6 is 12.2 Å². The fourth-order valence-corrected chi connectivity index (χ4v) is 2.84. The van der Waals surface area contributed by atoms with Crippen LogP contribution in [0.3, 0.4) is 0 Å². The minimum absolute atomic E-state index is 0.239. The Morgan fingerprint density at radius 3 is 2.92 bits per heavy atom. The fourth-order valence-electron chi connectivity index (χ4n) is 2.75. The molecule has 0 saturated carbocycles. The van der Waals surface area contributed by atoms with Crippen molar-refractivity contribution in [3.63, 3.8) is 0 Å². The monoisotopic (exact) mass is 350 g/mol. The quantitative estimate of drug-likeness (QED) is 0.650. The number of aromatic nitrogens is 1. The predicted molar refractivity (Wildman–Crippen MR) is 96.6 cm³/mol. The van der Waals surface area contributed by atoms with Gasteiger partial charge in [0, 0.05) is 33.2 Å². The van der Waals surface area contributed by atoms with E-state index in [4.69, 9.17) is 17.0 Å². The van der Waals surface area contributed by atoms with E-state index in [1.165, 1.54) is 0 Å². The fraction of sp³-hybridized carbons (Fsp3) is 0.533. The second-order valence-electron chi connectivity index (χ2n) is 5.69. The number of hydrogen-bond donors (Lipinski definition) is 3. The molecule has 3 heterocycles. The molecule has 2 aliphatic heterocycles. The van der Waals surface area contributed by atoms with E-state index in [9.17, 15) is 4.79 Å². The summed E-state index contributed by atoms with van der Waals surface area (Å²) in [6.45, 7) is 4.77. The number of pyridine rings is 1. The van der Waals surface area contributed by atoms with Crippen LogP contribution in [0.4, 0.5) is 16.3 Å². The topological polar surface area (TPSA) is 81.8 Å². The van der Waals surface area contributed by atoms with E-state index in [0.29, 0.717) is 18.2 Å². The Kier molecular flexibility index (Phi) is 5.31. The first-order valence-electron chi connectivity index (χ1n) is 8.03. The molecule has 1 aromatic rings. The third-order valence-corrected chi connectivity index (χ3v) is 4.42. The van der Waals surface area contributed by atoms with Gasteiger partial charge in [0.1, 0.15) is 11.9 Å². The van der Waals surface area contributed by atoms with Gasteiger partial charge in [0.15, 0.2) is 5.11 Å². The van der Waals surface area contributed by atoms with Gasteiger partial charge in [0.2, 0.25) is 0 Å². The summed E-state index contributed by atoms with van der Waals surface area (Å²) < 4.78 is 5.36. The van der Waals surface area contributed by atoms with Gasteiger partial charge in [0.05, 0.1) is 25.0 Å². The first kappa shape index (κ1) is 16.7. The van der Waals surface area contributed by atoms with E-state index in [2.05, 4.69) is 25.8 Å². The Balaban J connectivity index is 1.59. The Bertz CT molecular complexity index is 590. The molecule has 2 fully saturated rings. The molecule has 0 radical (unpaired) electrons. The highest BCUT2D eigenvalue weighted by molar-refractivity contribution is 7.80. The highest BCUT2D eigenvalue weighted by Gasteiger charge is 2.32. The van der Waals surface area contributed by atoms with Gasteiger partial charge >= 0.3 is 6.09 Å². The first-order chi connectivity index (χ1) is 11.7. The number of piperazine rings is 1. The van der Waals surface area contributed by atoms with Gasteiger partial charge in [-0.2, -0.15) is 0 Å². The number of thiocarbonyl (C=S) groups is 1. The van der Waals surface area contributed by atoms with Crippen LogP contribution in [0.1, 0.15) is 0 Å². The lowest BCUT2D eigenvalue weighted by Crippen LogP contribution is -2.43. The Morgan fingerprint density at radius 1 is 1.46 bits per heavy atom. The minimum Gasteiger partial charge on any atom is -0.442 e. The number of hydrogen-bond acceptors (Lipinski definition) is 6. The van der Waals surface area contributed by atoms with Crippen molar-refractivity contribution in [2.24, 2.45) is 0 Å². The average Bonchev–Trinajstić information content (AvgIpc) is 3.01. The zero-order valence-corrected chi connectivity index (χ0v) is 14.4. The molecule has 8 nitrogen and oxygen atoms in total. The third kappa shape index (κ3) is 3.85. The van der Waals surface area contributed by atoms with Crippen LogP contribution in [0.15, 0.2) is 18.3 Å². The minimum atomic E-state index is -0.353. The van der Waals surface area contributed by atoms with Crippen LogP contribution < -0.4 is 25.8 Å². The molecule has 3 N–H and O–H groups in total. The molecule has 0 aliphatic carbocycles. The Labute approximate surface area is 146 Å². The van der Waals surface area contributed by atoms with Gasteiger partial charge in [-0.1, -0.05) is 0 Å². The predicted octanol–water partition coefficient (Wildman–Crippen LogP) is -0.0897. The number of ether oxygens (including phenoxy) is 1. The summed E-state index contributed by atoms with van der Waals surface area (Å²) in [5.74, 6) is 0.936. The van der Waals surface area contributed by atoms with Gasteiger partial charge in [-0.3, -0.25) is 4.90 Å². The number of nitrogens with one attached hydrogen (secondary N) is 3. The van der Waals surface area contributed by atoms with E-state index in [1.807, 2.05) is 12.1 Å². The molecule has 1 unspecified atom stereocenters. The first-order valence-corrected chi connectivity index (χ1v) is 8.43. The molecule has 9 heteroatoms. The van der Waals surface area contributed by atoms with Crippen LogP contribution in [0.2, 0.25) is 0 Å². The summed E-state index contributed by atoms with van der Waals surface area (Å²) in [5.41, 5.74) is 0.748. The summed E-state index contributed by atoms with van der Waals surface area (Å²) in [7, 11) is 1.74. The SMILES string of the molecule is CNC(=S)NCC1CN(c2ccc(N3CCNCC3)nc2)C(=O)O1. The highest BCUT2D eigenvalue weighted by atomic mass is 32.1. The lowest BCUT2D eigenvalue weighted by atomic mass is 10.3. The van der Waals surface area contributed by atoms with Crippen molar-refractivity contribution < 1.29 is 9.53 Å². The van der Waals surface area contributed by atoms with Gasteiger partial charge in [-0.15, -0.1) is 0 Å². The summed E-state index contributed by atoms with van der Waals surface area (Å²) in [5, 5.41) is 9.69. The second-order valence-corrected chi connectivity index (χ2v) is 6.10. The summed E-state index contributed by atoms with van der Waals surface area (Å²) >= 11 is 5.02. The largest absolute Gasteiger partial charge is 0.442 e. The van der Waals surface area contributed by atoms with Crippen molar-refractivity contribution >= 4 is 34.9 Å². The average molecular weight is 350 g/mol. The van der Waals surface area contributed by atoms with Crippen molar-refractivity contribution in [1.82, 2.24) is 20.9 Å². The summed E-state index contributed by atoms with van der Waals surface area (Å²) in [6, 6.07) is 3.87. The Morgan fingerprint density at radius 2 is 2.25 bits per heavy atom. The smallest absolute Gasteiger partial charge is 0.414 e. The van der Waals surface area contributed by atoms with Gasteiger partial charge in [0.25, 0.3) is 0 Å². The number of anilines is 2. The molecule has 3 rings (SSSR count). The van der Waals surface area contributed by atoms with E-state index < -0.39 is 0 Å². The number of rotatable bonds is 4. The molecule has 1 aromatic heterocycles. The maximum Gasteiger partial charge on any atom is 0.414 e. The van der Waals surface area contributed by atoms with Crippen LogP contribution in [0.25, 0.3) is 0 Å². The van der Waals surface area contributed by atoms with Crippen LogP contribution in [0, 0.1) is 0 Å². The molecular formula is C15H22N6O2S. The third-order valence-electron chi connectivity index (χ3n) is 4.08. The van der Waals surface area contributed by atoms with Crippen molar-refractivity contribution in [1.29, 1.82) is 0 Å². The van der Waals surface area contributed by atoms with Crippen molar-refractivity contribution in [2.75, 3.05) is 56.1 Å². The maximum atomic E-state index is 12.1. The number of nitrogens with zero attached hydrogens (tertiary/aromatic N) is 3. The lowest BCUT2D eigenvalue weighted by Gasteiger charge is -2.28. The molecule has 0 aromatic carbocycles. The van der Waals surface area contributed by atoms with Crippen molar-refractivity contribution in [3.8, 4) is 0 Å². The number of carbonyl (C=O) groups excluding carboxylic acids is 1. The zero-order valence-electron chi connectivity index (χ0n) is 13.6. The van der Waals surface area contributed by atoms with E-state index in [-0.39, 0.29) is 12.2 Å². The van der Waals surface area contributed by atoms with Crippen molar-refractivity contribution in [2.45, 2.75) is 6.10 Å². The van der Waals surface area contributed by atoms with Gasteiger partial charge in [-0.05, 0) is 24.4 Å². The van der Waals surface area contributed by atoms with Crippen LogP contribution in [-0.4, -0.2) is 68.6 Å². The highest BCUT2D eigenvalue weighted by Crippen LogP contribution is 2.23. The van der Waals surface area contributed by atoms with Gasteiger partial charge < -0.3 is 25.6 Å². The summed E-state index contributed by atoms with van der Waals surface area (Å²) in [4.78, 5) is 20.4. The van der Waals surface area contributed by atoms with E-state index in [0.717, 1.165) is 37.7 Å². The van der Waals surface area contributed by atoms with Gasteiger partial charge in [-0.25, -0.2) is 9.78 Å².